The van der Waals surface area contributed by atoms with Gasteiger partial charge in [-0.05, 0) is 43.7 Å². The van der Waals surface area contributed by atoms with Gasteiger partial charge in [-0.15, -0.1) is 0 Å². The fourth-order valence-corrected chi connectivity index (χ4v) is 2.74. The molecule has 0 spiro atoms. The van der Waals surface area contributed by atoms with Gasteiger partial charge in [-0.25, -0.2) is 0 Å². The highest BCUT2D eigenvalue weighted by molar-refractivity contribution is 5.76. The van der Waals surface area contributed by atoms with E-state index < -0.39 is 5.97 Å². The summed E-state index contributed by atoms with van der Waals surface area (Å²) < 4.78 is 0. The Labute approximate surface area is 125 Å². The third kappa shape index (κ3) is 5.17. The Morgan fingerprint density at radius 1 is 1.24 bits per heavy atom. The van der Waals surface area contributed by atoms with Crippen molar-refractivity contribution in [3.8, 4) is 0 Å². The van der Waals surface area contributed by atoms with Crippen molar-refractivity contribution in [2.75, 3.05) is 13.1 Å². The average Bonchev–Trinajstić information content (AvgIpc) is 2.52. The smallest absolute Gasteiger partial charge is 0.303 e. The number of aryl methyl sites for hydroxylation is 1. The predicted molar refractivity (Wildman–Crippen MR) is 78.7 cm³/mol. The van der Waals surface area contributed by atoms with Crippen molar-refractivity contribution in [2.45, 2.75) is 38.5 Å². The van der Waals surface area contributed by atoms with E-state index in [1.54, 1.807) is 6.20 Å². The Balaban J connectivity index is 1.69. The third-order valence-electron chi connectivity index (χ3n) is 4.05. The van der Waals surface area contributed by atoms with Gasteiger partial charge in [0.25, 0.3) is 0 Å². The average molecular weight is 290 g/mol. The first-order valence-electron chi connectivity index (χ1n) is 7.54. The second-order valence-electron chi connectivity index (χ2n) is 5.58. The number of hydrogen-bond acceptors (Lipinski definition) is 3. The number of carboxylic acid groups (broad SMARTS) is 1. The molecule has 2 rings (SSSR count). The minimum Gasteiger partial charge on any atom is -0.481 e. The molecule has 0 atom stereocenters. The van der Waals surface area contributed by atoms with Crippen molar-refractivity contribution in [3.63, 3.8) is 0 Å². The lowest BCUT2D eigenvalue weighted by atomic mass is 9.92. The minimum atomic E-state index is -0.733. The number of aromatic nitrogens is 1. The number of carboxylic acids is 1. The van der Waals surface area contributed by atoms with E-state index in [2.05, 4.69) is 4.98 Å². The molecule has 0 saturated carbocycles. The van der Waals surface area contributed by atoms with Crippen LogP contribution in [0.15, 0.2) is 24.4 Å². The molecule has 1 amide bonds. The van der Waals surface area contributed by atoms with E-state index >= 15 is 0 Å². The van der Waals surface area contributed by atoms with Crippen LogP contribution >= 0.6 is 0 Å². The number of rotatable bonds is 6. The van der Waals surface area contributed by atoms with E-state index in [-0.39, 0.29) is 12.3 Å². The number of aliphatic carboxylic acids is 1. The van der Waals surface area contributed by atoms with Crippen LogP contribution in [0.1, 0.15) is 37.8 Å². The van der Waals surface area contributed by atoms with Crippen molar-refractivity contribution < 1.29 is 14.7 Å². The molecule has 1 aliphatic heterocycles. The molecule has 0 bridgehead atoms. The van der Waals surface area contributed by atoms with Crippen LogP contribution in [0.2, 0.25) is 0 Å². The zero-order valence-corrected chi connectivity index (χ0v) is 12.2. The number of carbonyl (C=O) groups excluding carboxylic acids is 1. The van der Waals surface area contributed by atoms with Crippen LogP contribution in [0.4, 0.5) is 0 Å². The van der Waals surface area contributed by atoms with Crippen LogP contribution in [0.25, 0.3) is 0 Å². The molecule has 114 valence electrons. The van der Waals surface area contributed by atoms with Crippen LogP contribution < -0.4 is 0 Å². The van der Waals surface area contributed by atoms with Gasteiger partial charge in [0, 0.05) is 37.8 Å². The number of amides is 1. The number of piperidine rings is 1. The second kappa shape index (κ2) is 7.76. The van der Waals surface area contributed by atoms with Gasteiger partial charge in [-0.3, -0.25) is 14.6 Å². The standard InChI is InChI=1S/C16H22N2O3/c19-15(6-5-14-3-1-2-10-17-14)18-11-8-13(9-12-18)4-7-16(20)21/h1-3,10,13H,4-9,11-12H2,(H,20,21). The summed E-state index contributed by atoms with van der Waals surface area (Å²) >= 11 is 0. The molecule has 2 heterocycles. The van der Waals surface area contributed by atoms with Gasteiger partial charge in [0.05, 0.1) is 0 Å². The fraction of sp³-hybridized carbons (Fsp3) is 0.562. The highest BCUT2D eigenvalue weighted by Gasteiger charge is 2.22. The molecule has 5 nitrogen and oxygen atoms in total. The van der Waals surface area contributed by atoms with Gasteiger partial charge in [-0.1, -0.05) is 6.07 Å². The Morgan fingerprint density at radius 3 is 2.62 bits per heavy atom. The van der Waals surface area contributed by atoms with E-state index in [1.807, 2.05) is 23.1 Å². The maximum Gasteiger partial charge on any atom is 0.303 e. The van der Waals surface area contributed by atoms with Crippen molar-refractivity contribution >= 4 is 11.9 Å². The van der Waals surface area contributed by atoms with E-state index in [4.69, 9.17) is 5.11 Å². The van der Waals surface area contributed by atoms with E-state index in [9.17, 15) is 9.59 Å². The molecule has 0 unspecified atom stereocenters. The Bertz CT molecular complexity index is 468. The first kappa shape index (κ1) is 15.5. The molecular formula is C16H22N2O3. The quantitative estimate of drug-likeness (QED) is 0.871. The van der Waals surface area contributed by atoms with Gasteiger partial charge in [0.15, 0.2) is 0 Å². The van der Waals surface area contributed by atoms with Gasteiger partial charge in [0.1, 0.15) is 0 Å². The molecule has 1 aromatic rings. The predicted octanol–water partition coefficient (Wildman–Crippen LogP) is 2.12. The summed E-state index contributed by atoms with van der Waals surface area (Å²) in [4.78, 5) is 28.8. The van der Waals surface area contributed by atoms with Gasteiger partial charge in [-0.2, -0.15) is 0 Å². The van der Waals surface area contributed by atoms with Gasteiger partial charge >= 0.3 is 5.97 Å². The SMILES string of the molecule is O=C(O)CCC1CCN(C(=O)CCc2ccccn2)CC1. The molecule has 0 aliphatic carbocycles. The van der Waals surface area contributed by atoms with Crippen LogP contribution in [-0.2, 0) is 16.0 Å². The largest absolute Gasteiger partial charge is 0.481 e. The number of hydrogen-bond donors (Lipinski definition) is 1. The van der Waals surface area contributed by atoms with Crippen LogP contribution in [-0.4, -0.2) is 40.0 Å². The summed E-state index contributed by atoms with van der Waals surface area (Å²) in [5, 5.41) is 8.69. The van der Waals surface area contributed by atoms with Gasteiger partial charge in [0.2, 0.25) is 5.91 Å². The van der Waals surface area contributed by atoms with E-state index in [0.717, 1.165) is 38.0 Å². The second-order valence-corrected chi connectivity index (χ2v) is 5.58. The minimum absolute atomic E-state index is 0.178. The molecule has 5 heteroatoms. The molecule has 0 radical (unpaired) electrons. The van der Waals surface area contributed by atoms with Crippen molar-refractivity contribution in [1.29, 1.82) is 0 Å². The van der Waals surface area contributed by atoms with Crippen LogP contribution in [0.5, 0.6) is 0 Å². The van der Waals surface area contributed by atoms with Gasteiger partial charge < -0.3 is 10.0 Å². The Hall–Kier alpha value is -1.91. The lowest BCUT2D eigenvalue weighted by Gasteiger charge is -2.32. The highest BCUT2D eigenvalue weighted by Crippen LogP contribution is 2.22. The molecule has 1 aromatic heterocycles. The normalized spacial score (nSPS) is 15.9. The molecule has 0 aromatic carbocycles. The summed E-state index contributed by atoms with van der Waals surface area (Å²) in [6, 6.07) is 5.74. The topological polar surface area (TPSA) is 70.5 Å². The summed E-state index contributed by atoms with van der Waals surface area (Å²) in [6.45, 7) is 1.51. The molecule has 1 N–H and O–H groups in total. The maximum absolute atomic E-state index is 12.1. The van der Waals surface area contributed by atoms with Crippen LogP contribution in [0, 0.1) is 5.92 Å². The Kier molecular flexibility index (Phi) is 5.72. The number of pyridine rings is 1. The zero-order chi connectivity index (χ0) is 15.1. The molecule has 1 saturated heterocycles. The molecule has 1 aliphatic rings. The van der Waals surface area contributed by atoms with E-state index in [1.165, 1.54) is 0 Å². The maximum atomic E-state index is 12.1. The van der Waals surface area contributed by atoms with Crippen molar-refractivity contribution in [3.05, 3.63) is 30.1 Å². The van der Waals surface area contributed by atoms with E-state index in [0.29, 0.717) is 18.8 Å². The third-order valence-corrected chi connectivity index (χ3v) is 4.05. The summed E-state index contributed by atoms with van der Waals surface area (Å²) in [5.41, 5.74) is 0.946. The van der Waals surface area contributed by atoms with Crippen LogP contribution in [0.3, 0.4) is 0 Å². The summed E-state index contributed by atoms with van der Waals surface area (Å²) in [5.74, 6) is -0.109. The summed E-state index contributed by atoms with van der Waals surface area (Å²) in [6.07, 6.45) is 5.72. The van der Waals surface area contributed by atoms with Crippen molar-refractivity contribution in [1.82, 2.24) is 9.88 Å². The first-order chi connectivity index (χ1) is 10.1. The number of nitrogens with zero attached hydrogens (tertiary/aromatic N) is 2. The lowest BCUT2D eigenvalue weighted by molar-refractivity contribution is -0.138. The Morgan fingerprint density at radius 2 is 2.00 bits per heavy atom. The lowest BCUT2D eigenvalue weighted by Crippen LogP contribution is -2.38. The number of carbonyl (C=O) groups is 2. The fourth-order valence-electron chi connectivity index (χ4n) is 2.74. The van der Waals surface area contributed by atoms with Crippen molar-refractivity contribution in [2.24, 2.45) is 5.92 Å². The zero-order valence-electron chi connectivity index (χ0n) is 12.2. The molecule has 21 heavy (non-hydrogen) atoms. The molecule has 1 fully saturated rings. The first-order valence-corrected chi connectivity index (χ1v) is 7.54. The number of likely N-dealkylation sites (tertiary alicyclic amines) is 1. The highest BCUT2D eigenvalue weighted by atomic mass is 16.4. The summed E-state index contributed by atoms with van der Waals surface area (Å²) in [7, 11) is 0. The molecular weight excluding hydrogens is 268 g/mol. The monoisotopic (exact) mass is 290 g/mol.